The number of hydrogen-bond donors (Lipinski definition) is 1. The van der Waals surface area contributed by atoms with Gasteiger partial charge in [0.2, 0.25) is 0 Å². The number of thiophene rings is 1. The van der Waals surface area contributed by atoms with Gasteiger partial charge in [0.25, 0.3) is 0 Å². The molecule has 0 aliphatic rings. The molecule has 0 radical (unpaired) electrons. The predicted molar refractivity (Wildman–Crippen MR) is 62.2 cm³/mol. The standard InChI is InChI=1S/C12H10F3NOS/c1-11(17,10-3-2-6-18-10)9-7-16-5-4-8(9)12(13,14)15/h2-7,17H,1H3. The number of halogens is 3. The van der Waals surface area contributed by atoms with Crippen LogP contribution in [0, 0.1) is 0 Å². The van der Waals surface area contributed by atoms with Crippen LogP contribution in [0.2, 0.25) is 0 Å². The molecule has 0 aliphatic carbocycles. The molecule has 6 heteroatoms. The lowest BCUT2D eigenvalue weighted by Gasteiger charge is -2.25. The fourth-order valence-corrected chi connectivity index (χ4v) is 2.52. The van der Waals surface area contributed by atoms with E-state index in [9.17, 15) is 18.3 Å². The van der Waals surface area contributed by atoms with Crippen LogP contribution in [0.15, 0.2) is 36.0 Å². The minimum atomic E-state index is -4.51. The molecule has 2 nitrogen and oxygen atoms in total. The SMILES string of the molecule is CC(O)(c1cccs1)c1cnccc1C(F)(F)F. The average molecular weight is 273 g/mol. The molecule has 96 valence electrons. The van der Waals surface area contributed by atoms with E-state index >= 15 is 0 Å². The zero-order valence-electron chi connectivity index (χ0n) is 9.40. The lowest BCUT2D eigenvalue weighted by Crippen LogP contribution is -2.26. The fraction of sp³-hybridized carbons (Fsp3) is 0.250. The average Bonchev–Trinajstić information content (AvgIpc) is 2.82. The van der Waals surface area contributed by atoms with Crippen LogP contribution in [0.1, 0.15) is 22.9 Å². The molecule has 0 amide bonds. The number of nitrogens with zero attached hydrogens (tertiary/aromatic N) is 1. The monoisotopic (exact) mass is 273 g/mol. The lowest BCUT2D eigenvalue weighted by atomic mass is 9.91. The first-order chi connectivity index (χ1) is 8.33. The third kappa shape index (κ3) is 2.26. The topological polar surface area (TPSA) is 33.1 Å². The first kappa shape index (κ1) is 13.0. The molecule has 2 rings (SSSR count). The van der Waals surface area contributed by atoms with E-state index in [-0.39, 0.29) is 5.56 Å². The van der Waals surface area contributed by atoms with Crippen molar-refractivity contribution in [2.45, 2.75) is 18.7 Å². The summed E-state index contributed by atoms with van der Waals surface area (Å²) >= 11 is 1.20. The fourth-order valence-electron chi connectivity index (χ4n) is 1.72. The highest BCUT2D eigenvalue weighted by Crippen LogP contribution is 2.40. The molecule has 2 heterocycles. The second-order valence-corrected chi connectivity index (χ2v) is 4.92. The molecule has 0 fully saturated rings. The van der Waals surface area contributed by atoms with Crippen LogP contribution >= 0.6 is 11.3 Å². The Morgan fingerprint density at radius 2 is 1.94 bits per heavy atom. The van der Waals surface area contributed by atoms with E-state index in [1.54, 1.807) is 17.5 Å². The van der Waals surface area contributed by atoms with Crippen molar-refractivity contribution in [2.24, 2.45) is 0 Å². The number of aliphatic hydroxyl groups is 1. The third-order valence-corrected chi connectivity index (χ3v) is 3.73. The summed E-state index contributed by atoms with van der Waals surface area (Å²) in [6, 6.07) is 4.15. The Labute approximate surface area is 106 Å². The quantitative estimate of drug-likeness (QED) is 0.909. The molecule has 2 aromatic rings. The summed E-state index contributed by atoms with van der Waals surface area (Å²) in [6.07, 6.45) is -2.39. The summed E-state index contributed by atoms with van der Waals surface area (Å²) in [7, 11) is 0. The molecule has 0 saturated carbocycles. The summed E-state index contributed by atoms with van der Waals surface area (Å²) in [5, 5.41) is 12.1. The van der Waals surface area contributed by atoms with E-state index in [1.165, 1.54) is 18.3 Å². The van der Waals surface area contributed by atoms with Gasteiger partial charge in [-0.25, -0.2) is 0 Å². The molecule has 0 saturated heterocycles. The number of aromatic nitrogens is 1. The number of pyridine rings is 1. The molecular weight excluding hydrogens is 263 g/mol. The van der Waals surface area contributed by atoms with Crippen LogP contribution in [-0.2, 0) is 11.8 Å². The molecule has 2 aromatic heterocycles. The van der Waals surface area contributed by atoms with Gasteiger partial charge in [-0.1, -0.05) is 6.07 Å². The summed E-state index contributed by atoms with van der Waals surface area (Å²) in [6.45, 7) is 1.34. The molecule has 1 unspecified atom stereocenters. The summed E-state index contributed by atoms with van der Waals surface area (Å²) < 4.78 is 38.7. The Balaban J connectivity index is 2.58. The van der Waals surface area contributed by atoms with Gasteiger partial charge in [0.1, 0.15) is 5.60 Å². The van der Waals surface area contributed by atoms with Gasteiger partial charge in [0.05, 0.1) is 5.56 Å². The highest BCUT2D eigenvalue weighted by atomic mass is 32.1. The second kappa shape index (κ2) is 4.37. The number of alkyl halides is 3. The van der Waals surface area contributed by atoms with Crippen molar-refractivity contribution in [3.63, 3.8) is 0 Å². The second-order valence-electron chi connectivity index (χ2n) is 3.97. The van der Waals surface area contributed by atoms with Gasteiger partial charge in [-0.3, -0.25) is 4.98 Å². The first-order valence-corrected chi connectivity index (χ1v) is 5.99. The Bertz CT molecular complexity index is 535. The molecule has 1 atom stereocenters. The highest BCUT2D eigenvalue weighted by molar-refractivity contribution is 7.10. The minimum Gasteiger partial charge on any atom is -0.380 e. The van der Waals surface area contributed by atoms with Gasteiger partial charge < -0.3 is 5.11 Å². The summed E-state index contributed by atoms with van der Waals surface area (Å²) in [5.41, 5.74) is -2.80. The van der Waals surface area contributed by atoms with Crippen molar-refractivity contribution in [3.8, 4) is 0 Å². The van der Waals surface area contributed by atoms with Crippen LogP contribution < -0.4 is 0 Å². The maximum absolute atomic E-state index is 12.9. The molecule has 18 heavy (non-hydrogen) atoms. The molecular formula is C12H10F3NOS. The highest BCUT2D eigenvalue weighted by Gasteiger charge is 2.39. The lowest BCUT2D eigenvalue weighted by molar-refractivity contribution is -0.140. The minimum absolute atomic E-state index is 0.236. The maximum Gasteiger partial charge on any atom is 0.416 e. The van der Waals surface area contributed by atoms with E-state index < -0.39 is 17.3 Å². The predicted octanol–water partition coefficient (Wildman–Crippen LogP) is 3.42. The first-order valence-electron chi connectivity index (χ1n) is 5.11. The molecule has 0 bridgehead atoms. The van der Waals surface area contributed by atoms with Crippen LogP contribution in [0.4, 0.5) is 13.2 Å². The number of hydrogen-bond acceptors (Lipinski definition) is 3. The van der Waals surface area contributed by atoms with Crippen molar-refractivity contribution < 1.29 is 18.3 Å². The Hall–Kier alpha value is -1.40. The maximum atomic E-state index is 12.9. The van der Waals surface area contributed by atoms with Crippen LogP contribution in [-0.4, -0.2) is 10.1 Å². The Kier molecular flexibility index (Phi) is 3.16. The van der Waals surface area contributed by atoms with Gasteiger partial charge in [0.15, 0.2) is 0 Å². The molecule has 1 N–H and O–H groups in total. The number of rotatable bonds is 2. The molecule has 0 spiro atoms. The smallest absolute Gasteiger partial charge is 0.380 e. The van der Waals surface area contributed by atoms with Crippen molar-refractivity contribution in [3.05, 3.63) is 52.0 Å². The van der Waals surface area contributed by atoms with E-state index in [0.29, 0.717) is 4.88 Å². The van der Waals surface area contributed by atoms with E-state index in [0.717, 1.165) is 18.5 Å². The van der Waals surface area contributed by atoms with Gasteiger partial charge >= 0.3 is 6.18 Å². The van der Waals surface area contributed by atoms with Crippen LogP contribution in [0.3, 0.4) is 0 Å². The van der Waals surface area contributed by atoms with E-state index in [4.69, 9.17) is 0 Å². The zero-order valence-corrected chi connectivity index (χ0v) is 10.2. The molecule has 0 aromatic carbocycles. The van der Waals surface area contributed by atoms with Gasteiger partial charge in [-0.2, -0.15) is 13.2 Å². The third-order valence-electron chi connectivity index (χ3n) is 2.65. The Morgan fingerprint density at radius 1 is 1.22 bits per heavy atom. The summed E-state index contributed by atoms with van der Waals surface area (Å²) in [4.78, 5) is 4.13. The van der Waals surface area contributed by atoms with Crippen molar-refractivity contribution >= 4 is 11.3 Å². The van der Waals surface area contributed by atoms with Crippen LogP contribution in [0.5, 0.6) is 0 Å². The summed E-state index contributed by atoms with van der Waals surface area (Å²) in [5.74, 6) is 0. The van der Waals surface area contributed by atoms with Gasteiger partial charge in [-0.05, 0) is 24.4 Å². The van der Waals surface area contributed by atoms with Gasteiger partial charge in [-0.15, -0.1) is 11.3 Å². The Morgan fingerprint density at radius 3 is 2.50 bits per heavy atom. The van der Waals surface area contributed by atoms with Crippen molar-refractivity contribution in [1.82, 2.24) is 4.98 Å². The normalized spacial score (nSPS) is 15.4. The molecule has 0 aliphatic heterocycles. The van der Waals surface area contributed by atoms with Crippen molar-refractivity contribution in [2.75, 3.05) is 0 Å². The van der Waals surface area contributed by atoms with Gasteiger partial charge in [0, 0.05) is 22.8 Å². The van der Waals surface area contributed by atoms with Crippen molar-refractivity contribution in [1.29, 1.82) is 0 Å². The largest absolute Gasteiger partial charge is 0.416 e. The van der Waals surface area contributed by atoms with E-state index in [2.05, 4.69) is 4.98 Å². The van der Waals surface area contributed by atoms with Crippen LogP contribution in [0.25, 0.3) is 0 Å². The van der Waals surface area contributed by atoms with E-state index in [1.807, 2.05) is 0 Å². The zero-order chi connectivity index (χ0) is 13.4.